The molecule has 0 spiro atoms. The zero-order chi connectivity index (χ0) is 26.8. The summed E-state index contributed by atoms with van der Waals surface area (Å²) >= 11 is 6.27. The quantitative estimate of drug-likeness (QED) is 0.109. The van der Waals surface area contributed by atoms with E-state index in [0.717, 1.165) is 41.4 Å². The van der Waals surface area contributed by atoms with Gasteiger partial charge in [-0.1, -0.05) is 55.6 Å². The molecular weight excluding hydrogens is 500 g/mol. The van der Waals surface area contributed by atoms with Crippen LogP contribution in [0.1, 0.15) is 49.0 Å². The Balaban J connectivity index is 1.64. The predicted octanol–water partition coefficient (Wildman–Crippen LogP) is 7.33. The Kier molecular flexibility index (Phi) is 7.25. The van der Waals surface area contributed by atoms with Gasteiger partial charge in [0.15, 0.2) is 0 Å². The number of carbonyl (C=O) groups excluding carboxylic acids is 2. The van der Waals surface area contributed by atoms with Crippen molar-refractivity contribution in [2.75, 3.05) is 11.5 Å². The Morgan fingerprint density at radius 1 is 1.03 bits per heavy atom. The first-order chi connectivity index (χ1) is 18.4. The van der Waals surface area contributed by atoms with Crippen molar-refractivity contribution in [3.05, 3.63) is 100 Å². The number of carbonyl (C=O) groups is 2. The number of Topliss-reactive ketones (excluding diaryl/α,β-unsaturated/α-hetero) is 1. The van der Waals surface area contributed by atoms with Gasteiger partial charge in [0, 0.05) is 38.4 Å². The summed E-state index contributed by atoms with van der Waals surface area (Å²) in [5, 5.41) is 12.8. The van der Waals surface area contributed by atoms with Gasteiger partial charge in [0.25, 0.3) is 11.7 Å². The van der Waals surface area contributed by atoms with E-state index in [2.05, 4.69) is 11.9 Å². The number of fused-ring (bicyclic) bond motifs is 1. The number of aromatic amines is 1. The minimum Gasteiger partial charge on any atom is -0.507 e. The van der Waals surface area contributed by atoms with Crippen molar-refractivity contribution in [2.45, 2.75) is 39.2 Å². The van der Waals surface area contributed by atoms with Crippen LogP contribution in [0.25, 0.3) is 16.7 Å². The molecular formula is C31H29ClN2O4. The SMILES string of the molecule is CCCCCOc1ccc(/C(O)=C2\C(=O)C(=O)N(c3cccc(Cl)c3)C2c2c(C)[nH]c3ccccc23)cc1. The van der Waals surface area contributed by atoms with Crippen molar-refractivity contribution >= 4 is 45.6 Å². The molecule has 38 heavy (non-hydrogen) atoms. The number of nitrogens with zero attached hydrogens (tertiary/aromatic N) is 1. The normalized spacial score (nSPS) is 16.9. The third-order valence-electron chi connectivity index (χ3n) is 6.89. The molecule has 1 aromatic heterocycles. The number of ketones is 1. The highest BCUT2D eigenvalue weighted by atomic mass is 35.5. The molecule has 1 amide bonds. The Bertz CT molecular complexity index is 1540. The average molecular weight is 529 g/mol. The molecule has 1 atom stereocenters. The summed E-state index contributed by atoms with van der Waals surface area (Å²) < 4.78 is 5.79. The lowest BCUT2D eigenvalue weighted by atomic mass is 9.93. The number of anilines is 1. The number of para-hydroxylation sites is 1. The van der Waals surface area contributed by atoms with Crippen molar-refractivity contribution in [1.82, 2.24) is 4.98 Å². The van der Waals surface area contributed by atoms with Gasteiger partial charge >= 0.3 is 0 Å². The fourth-order valence-electron chi connectivity index (χ4n) is 5.06. The maximum atomic E-state index is 13.5. The summed E-state index contributed by atoms with van der Waals surface area (Å²) in [6.07, 6.45) is 3.17. The van der Waals surface area contributed by atoms with Crippen LogP contribution in [-0.4, -0.2) is 28.4 Å². The summed E-state index contributed by atoms with van der Waals surface area (Å²) in [5.41, 5.74) is 3.35. The number of aromatic nitrogens is 1. The molecule has 1 fully saturated rings. The molecule has 0 aliphatic carbocycles. The Labute approximate surface area is 226 Å². The number of hydrogen-bond acceptors (Lipinski definition) is 4. The number of hydrogen-bond donors (Lipinski definition) is 2. The molecule has 6 nitrogen and oxygen atoms in total. The van der Waals surface area contributed by atoms with Gasteiger partial charge in [-0.3, -0.25) is 14.5 Å². The van der Waals surface area contributed by atoms with Crippen molar-refractivity contribution < 1.29 is 19.4 Å². The van der Waals surface area contributed by atoms with Crippen LogP contribution >= 0.6 is 11.6 Å². The highest BCUT2D eigenvalue weighted by molar-refractivity contribution is 6.52. The second kappa shape index (κ2) is 10.8. The predicted molar refractivity (Wildman–Crippen MR) is 151 cm³/mol. The summed E-state index contributed by atoms with van der Waals surface area (Å²) in [6, 6.07) is 20.6. The number of halogens is 1. The second-order valence-corrected chi connectivity index (χ2v) is 9.87. The van der Waals surface area contributed by atoms with Crippen molar-refractivity contribution in [3.8, 4) is 5.75 Å². The van der Waals surface area contributed by atoms with Gasteiger partial charge in [-0.2, -0.15) is 0 Å². The van der Waals surface area contributed by atoms with Crippen molar-refractivity contribution in [1.29, 1.82) is 0 Å². The number of aliphatic hydroxyl groups is 1. The number of H-pyrrole nitrogens is 1. The van der Waals surface area contributed by atoms with Gasteiger partial charge in [0.2, 0.25) is 0 Å². The Hall–Kier alpha value is -4.03. The first kappa shape index (κ1) is 25.6. The number of unbranched alkanes of at least 4 members (excludes halogenated alkanes) is 2. The molecule has 3 aromatic carbocycles. The van der Waals surface area contributed by atoms with Gasteiger partial charge in [0.1, 0.15) is 11.5 Å². The van der Waals surface area contributed by atoms with Crippen LogP contribution < -0.4 is 9.64 Å². The van der Waals surface area contributed by atoms with Crippen molar-refractivity contribution in [3.63, 3.8) is 0 Å². The van der Waals surface area contributed by atoms with Crippen LogP contribution in [0.2, 0.25) is 5.02 Å². The maximum absolute atomic E-state index is 13.5. The summed E-state index contributed by atoms with van der Waals surface area (Å²) in [6.45, 7) is 4.65. The molecule has 2 heterocycles. The molecule has 2 N–H and O–H groups in total. The van der Waals surface area contributed by atoms with E-state index in [9.17, 15) is 14.7 Å². The minimum absolute atomic E-state index is 0.0273. The second-order valence-electron chi connectivity index (χ2n) is 9.44. The van der Waals surface area contributed by atoms with Gasteiger partial charge in [-0.25, -0.2) is 0 Å². The van der Waals surface area contributed by atoms with E-state index < -0.39 is 17.7 Å². The standard InChI is InChI=1S/C31H29ClN2O4/c1-3-4-7-17-38-23-15-13-20(14-16-23)29(35)27-28(26-19(2)33-25-12-6-5-11-24(25)26)34(31(37)30(27)36)22-10-8-9-21(32)18-22/h5-6,8-16,18,28,33,35H,3-4,7,17H2,1-2H3/b29-27+. The zero-order valence-corrected chi connectivity index (χ0v) is 22.1. The number of nitrogens with one attached hydrogen (secondary N) is 1. The van der Waals surface area contributed by atoms with E-state index in [1.807, 2.05) is 31.2 Å². The lowest BCUT2D eigenvalue weighted by Crippen LogP contribution is -2.29. The monoisotopic (exact) mass is 528 g/mol. The molecule has 7 heteroatoms. The number of aliphatic hydroxyl groups excluding tert-OH is 1. The molecule has 0 bridgehead atoms. The molecule has 194 valence electrons. The van der Waals surface area contributed by atoms with Crippen LogP contribution in [0.5, 0.6) is 5.75 Å². The molecule has 0 saturated carbocycles. The highest BCUT2D eigenvalue weighted by Crippen LogP contribution is 2.45. The first-order valence-corrected chi connectivity index (χ1v) is 13.2. The van der Waals surface area contributed by atoms with Crippen LogP contribution in [0.3, 0.4) is 0 Å². The Morgan fingerprint density at radius 3 is 2.53 bits per heavy atom. The third kappa shape index (κ3) is 4.68. The number of amides is 1. The number of rotatable bonds is 8. The molecule has 1 saturated heterocycles. The topological polar surface area (TPSA) is 82.6 Å². The Morgan fingerprint density at radius 2 is 1.79 bits per heavy atom. The average Bonchev–Trinajstić information content (AvgIpc) is 3.38. The molecule has 4 aromatic rings. The van der Waals surface area contributed by atoms with E-state index in [1.54, 1.807) is 48.5 Å². The molecule has 1 aliphatic rings. The van der Waals surface area contributed by atoms with Crippen LogP contribution in [-0.2, 0) is 9.59 Å². The minimum atomic E-state index is -0.852. The smallest absolute Gasteiger partial charge is 0.300 e. The zero-order valence-electron chi connectivity index (χ0n) is 21.3. The third-order valence-corrected chi connectivity index (χ3v) is 7.13. The van der Waals surface area contributed by atoms with Crippen LogP contribution in [0.4, 0.5) is 5.69 Å². The molecule has 1 unspecified atom stereocenters. The van der Waals surface area contributed by atoms with Crippen molar-refractivity contribution in [2.24, 2.45) is 0 Å². The fraction of sp³-hybridized carbons (Fsp3) is 0.226. The summed E-state index contributed by atoms with van der Waals surface area (Å²) in [5.74, 6) is -1.03. The van der Waals surface area contributed by atoms with E-state index >= 15 is 0 Å². The lowest BCUT2D eigenvalue weighted by molar-refractivity contribution is -0.132. The number of aryl methyl sites for hydroxylation is 1. The van der Waals surface area contributed by atoms with E-state index in [4.69, 9.17) is 16.3 Å². The van der Waals surface area contributed by atoms with Gasteiger partial charge in [-0.05, 0) is 61.9 Å². The summed E-state index contributed by atoms with van der Waals surface area (Å²) in [7, 11) is 0. The fourth-order valence-corrected chi connectivity index (χ4v) is 5.24. The lowest BCUT2D eigenvalue weighted by Gasteiger charge is -2.26. The van der Waals surface area contributed by atoms with E-state index in [1.165, 1.54) is 4.90 Å². The van der Waals surface area contributed by atoms with Gasteiger partial charge in [-0.15, -0.1) is 0 Å². The number of benzene rings is 3. The number of ether oxygens (including phenoxy) is 1. The van der Waals surface area contributed by atoms with Gasteiger partial charge < -0.3 is 14.8 Å². The first-order valence-electron chi connectivity index (χ1n) is 12.8. The van der Waals surface area contributed by atoms with E-state index in [-0.39, 0.29) is 11.3 Å². The molecule has 1 aliphatic heterocycles. The summed E-state index contributed by atoms with van der Waals surface area (Å²) in [4.78, 5) is 31.8. The van der Waals surface area contributed by atoms with Gasteiger partial charge in [0.05, 0.1) is 18.2 Å². The molecule has 0 radical (unpaired) electrons. The van der Waals surface area contributed by atoms with Crippen LogP contribution in [0.15, 0.2) is 78.4 Å². The highest BCUT2D eigenvalue weighted by Gasteiger charge is 2.48. The van der Waals surface area contributed by atoms with Crippen LogP contribution in [0, 0.1) is 6.92 Å². The maximum Gasteiger partial charge on any atom is 0.300 e. The van der Waals surface area contributed by atoms with E-state index in [0.29, 0.717) is 28.6 Å². The molecule has 5 rings (SSSR count). The largest absolute Gasteiger partial charge is 0.507 e.